The summed E-state index contributed by atoms with van der Waals surface area (Å²) in [6.45, 7) is 0.821. The molecule has 8 heteroatoms. The lowest BCUT2D eigenvalue weighted by molar-refractivity contribution is 0.388. The van der Waals surface area contributed by atoms with Gasteiger partial charge in [0.25, 0.3) is 0 Å². The van der Waals surface area contributed by atoms with Crippen molar-refractivity contribution < 1.29 is 9.13 Å². The molecular weight excluding hydrogens is 347 g/mol. The topological polar surface area (TPSA) is 67.3 Å². The lowest BCUT2D eigenvalue weighted by Crippen LogP contribution is -2.25. The third-order valence-corrected chi connectivity index (χ3v) is 4.90. The van der Waals surface area contributed by atoms with Gasteiger partial charge in [0.15, 0.2) is 17.4 Å². The van der Waals surface area contributed by atoms with Crippen molar-refractivity contribution in [3.05, 3.63) is 42.1 Å². The molecule has 0 saturated carbocycles. The van der Waals surface area contributed by atoms with Gasteiger partial charge in [-0.2, -0.15) is 5.10 Å². The Morgan fingerprint density at radius 1 is 1.15 bits per heavy atom. The molecule has 7 nitrogen and oxygen atoms in total. The first-order valence-electron chi connectivity index (χ1n) is 8.85. The molecule has 1 atom stereocenters. The van der Waals surface area contributed by atoms with Gasteiger partial charge in [-0.1, -0.05) is 0 Å². The maximum absolute atomic E-state index is 14.6. The number of benzene rings is 1. The molecule has 1 fully saturated rings. The van der Waals surface area contributed by atoms with Crippen LogP contribution in [0.2, 0.25) is 0 Å². The van der Waals surface area contributed by atoms with Gasteiger partial charge in [-0.3, -0.25) is 0 Å². The van der Waals surface area contributed by atoms with Gasteiger partial charge in [-0.25, -0.2) is 14.4 Å². The first-order valence-corrected chi connectivity index (χ1v) is 8.85. The summed E-state index contributed by atoms with van der Waals surface area (Å²) in [6.07, 6.45) is 3.35. The minimum atomic E-state index is -0.468. The van der Waals surface area contributed by atoms with Crippen molar-refractivity contribution in [1.29, 1.82) is 0 Å². The van der Waals surface area contributed by atoms with Crippen molar-refractivity contribution in [3.8, 4) is 5.75 Å². The molecule has 0 spiro atoms. The molecule has 3 aromatic rings. The second kappa shape index (κ2) is 6.94. The van der Waals surface area contributed by atoms with Crippen LogP contribution in [0.25, 0.3) is 10.9 Å². The molecular formula is C19H21FN6O. The molecule has 0 N–H and O–H groups in total. The lowest BCUT2D eigenvalue weighted by Gasteiger charge is -2.26. The van der Waals surface area contributed by atoms with Crippen LogP contribution in [-0.4, -0.2) is 47.9 Å². The number of anilines is 2. The third-order valence-electron chi connectivity index (χ3n) is 4.90. The Kier molecular flexibility index (Phi) is 4.47. The maximum Gasteiger partial charge on any atom is 0.191 e. The van der Waals surface area contributed by atoms with Crippen LogP contribution in [0, 0.1) is 5.82 Å². The van der Waals surface area contributed by atoms with E-state index in [2.05, 4.69) is 25.1 Å². The van der Waals surface area contributed by atoms with E-state index in [1.807, 2.05) is 37.2 Å². The van der Waals surface area contributed by atoms with Gasteiger partial charge in [-0.05, 0) is 37.1 Å². The summed E-state index contributed by atoms with van der Waals surface area (Å²) >= 11 is 0. The quantitative estimate of drug-likeness (QED) is 0.701. The average molecular weight is 368 g/mol. The molecule has 4 rings (SSSR count). The standard InChI is InChI=1S/C19H21FN6O/c1-25(2)16-9-7-13(23-24-16)14-5-4-10-26(14)19-12-6-8-15(27-3)17(20)18(12)21-11-22-19/h6-9,11,14H,4-5,10H2,1-3H3. The summed E-state index contributed by atoms with van der Waals surface area (Å²) in [5, 5.41) is 9.37. The van der Waals surface area contributed by atoms with Crippen LogP contribution < -0.4 is 14.5 Å². The van der Waals surface area contributed by atoms with Gasteiger partial charge in [0.05, 0.1) is 18.8 Å². The van der Waals surface area contributed by atoms with Crippen molar-refractivity contribution in [3.63, 3.8) is 0 Å². The fourth-order valence-electron chi connectivity index (χ4n) is 3.53. The van der Waals surface area contributed by atoms with E-state index < -0.39 is 5.82 Å². The largest absolute Gasteiger partial charge is 0.494 e. The van der Waals surface area contributed by atoms with Crippen LogP contribution in [0.1, 0.15) is 24.6 Å². The molecule has 1 aromatic carbocycles. The van der Waals surface area contributed by atoms with E-state index in [9.17, 15) is 4.39 Å². The zero-order chi connectivity index (χ0) is 19.0. The second-order valence-electron chi connectivity index (χ2n) is 6.74. The Labute approximate surface area is 156 Å². The summed E-state index contributed by atoms with van der Waals surface area (Å²) in [5.41, 5.74) is 1.15. The Morgan fingerprint density at radius 3 is 2.70 bits per heavy atom. The molecule has 27 heavy (non-hydrogen) atoms. The summed E-state index contributed by atoms with van der Waals surface area (Å²) in [4.78, 5) is 12.7. The predicted octanol–water partition coefficient (Wildman–Crippen LogP) is 2.98. The smallest absolute Gasteiger partial charge is 0.191 e. The number of fused-ring (bicyclic) bond motifs is 1. The summed E-state index contributed by atoms with van der Waals surface area (Å²) in [5.74, 6) is 1.23. The second-order valence-corrected chi connectivity index (χ2v) is 6.74. The number of nitrogens with zero attached hydrogens (tertiary/aromatic N) is 6. The fourth-order valence-corrected chi connectivity index (χ4v) is 3.53. The van der Waals surface area contributed by atoms with E-state index in [4.69, 9.17) is 4.74 Å². The van der Waals surface area contributed by atoms with Crippen LogP contribution in [0.5, 0.6) is 5.75 Å². The van der Waals surface area contributed by atoms with E-state index in [0.29, 0.717) is 11.2 Å². The van der Waals surface area contributed by atoms with Crippen LogP contribution in [0.3, 0.4) is 0 Å². The van der Waals surface area contributed by atoms with Crippen molar-refractivity contribution in [2.45, 2.75) is 18.9 Å². The third kappa shape index (κ3) is 3.01. The highest BCUT2D eigenvalue weighted by Crippen LogP contribution is 2.38. The number of halogens is 1. The minimum absolute atomic E-state index is 0.0528. The molecule has 1 aliphatic rings. The Bertz CT molecular complexity index is 962. The molecule has 1 aliphatic heterocycles. The Morgan fingerprint density at radius 2 is 2.00 bits per heavy atom. The first-order chi connectivity index (χ1) is 13.1. The number of hydrogen-bond acceptors (Lipinski definition) is 7. The van der Waals surface area contributed by atoms with Gasteiger partial charge in [-0.15, -0.1) is 5.10 Å². The number of rotatable bonds is 4. The summed E-state index contributed by atoms with van der Waals surface area (Å²) in [7, 11) is 5.31. The van der Waals surface area contributed by atoms with Crippen LogP contribution in [-0.2, 0) is 0 Å². The molecule has 0 amide bonds. The van der Waals surface area contributed by atoms with Crippen LogP contribution in [0.4, 0.5) is 16.0 Å². The van der Waals surface area contributed by atoms with Gasteiger partial charge >= 0.3 is 0 Å². The van der Waals surface area contributed by atoms with E-state index >= 15 is 0 Å². The summed E-state index contributed by atoms with van der Waals surface area (Å²) in [6, 6.07) is 7.43. The molecule has 1 saturated heterocycles. The average Bonchev–Trinajstić information content (AvgIpc) is 3.17. The maximum atomic E-state index is 14.6. The first kappa shape index (κ1) is 17.4. The van der Waals surface area contributed by atoms with E-state index in [1.165, 1.54) is 13.4 Å². The van der Waals surface area contributed by atoms with Crippen molar-refractivity contribution >= 4 is 22.5 Å². The minimum Gasteiger partial charge on any atom is -0.494 e. The van der Waals surface area contributed by atoms with E-state index in [0.717, 1.165) is 30.9 Å². The van der Waals surface area contributed by atoms with Crippen molar-refractivity contribution in [2.75, 3.05) is 37.5 Å². The Balaban J connectivity index is 1.75. The molecule has 2 aromatic heterocycles. The monoisotopic (exact) mass is 368 g/mol. The van der Waals surface area contributed by atoms with Crippen molar-refractivity contribution in [1.82, 2.24) is 20.2 Å². The lowest BCUT2D eigenvalue weighted by atomic mass is 10.1. The number of methoxy groups -OCH3 is 1. The van der Waals surface area contributed by atoms with E-state index in [-0.39, 0.29) is 17.3 Å². The number of hydrogen-bond donors (Lipinski definition) is 0. The van der Waals surface area contributed by atoms with Gasteiger partial charge in [0, 0.05) is 26.0 Å². The molecule has 3 heterocycles. The summed E-state index contributed by atoms with van der Waals surface area (Å²) < 4.78 is 19.7. The zero-order valence-corrected chi connectivity index (χ0v) is 15.6. The SMILES string of the molecule is COc1ccc2c(N3CCCC3c3ccc(N(C)C)nn3)ncnc2c1F. The van der Waals surface area contributed by atoms with Gasteiger partial charge in [0.2, 0.25) is 0 Å². The normalized spacial score (nSPS) is 16.7. The highest BCUT2D eigenvalue weighted by Gasteiger charge is 2.30. The number of ether oxygens (including phenoxy) is 1. The highest BCUT2D eigenvalue weighted by atomic mass is 19.1. The van der Waals surface area contributed by atoms with Crippen LogP contribution in [0.15, 0.2) is 30.6 Å². The predicted molar refractivity (Wildman–Crippen MR) is 102 cm³/mol. The van der Waals surface area contributed by atoms with Crippen molar-refractivity contribution in [2.24, 2.45) is 0 Å². The van der Waals surface area contributed by atoms with Crippen LogP contribution >= 0.6 is 0 Å². The highest BCUT2D eigenvalue weighted by molar-refractivity contribution is 5.91. The van der Waals surface area contributed by atoms with Gasteiger partial charge < -0.3 is 14.5 Å². The molecule has 0 bridgehead atoms. The van der Waals surface area contributed by atoms with E-state index in [1.54, 1.807) is 6.07 Å². The molecule has 1 unspecified atom stereocenters. The molecule has 0 aliphatic carbocycles. The zero-order valence-electron chi connectivity index (χ0n) is 15.6. The fraction of sp³-hybridized carbons (Fsp3) is 0.368. The van der Waals surface area contributed by atoms with Gasteiger partial charge in [0.1, 0.15) is 17.7 Å². The Hall–Kier alpha value is -3.03. The number of aromatic nitrogens is 4. The molecule has 0 radical (unpaired) electrons. The molecule has 140 valence electrons.